The van der Waals surface area contributed by atoms with Gasteiger partial charge in [0.25, 0.3) is 11.1 Å². The fraction of sp³-hybridized carbons (Fsp3) is 0.0667. The van der Waals surface area contributed by atoms with Crippen LogP contribution in [0.3, 0.4) is 0 Å². The van der Waals surface area contributed by atoms with Crippen LogP contribution in [0.4, 0.5) is 5.69 Å². The summed E-state index contributed by atoms with van der Waals surface area (Å²) in [5.41, 5.74) is -1.22. The van der Waals surface area contributed by atoms with E-state index < -0.39 is 22.7 Å². The van der Waals surface area contributed by atoms with Crippen molar-refractivity contribution in [3.8, 4) is 0 Å². The molecule has 0 saturated carbocycles. The number of para-hydroxylation sites is 1. The number of hydrogen-bond acceptors (Lipinski definition) is 4. The molecule has 116 valence electrons. The number of aromatic nitrogens is 3. The quantitative estimate of drug-likeness (QED) is 0.632. The van der Waals surface area contributed by atoms with E-state index in [1.807, 2.05) is 0 Å². The normalized spacial score (nSPS) is 10.6. The fourth-order valence-corrected chi connectivity index (χ4v) is 2.25. The molecule has 8 nitrogen and oxygen atoms in total. The van der Waals surface area contributed by atoms with Gasteiger partial charge in [-0.3, -0.25) is 23.9 Å². The van der Waals surface area contributed by atoms with Crippen molar-refractivity contribution < 1.29 is 4.79 Å². The highest BCUT2D eigenvalue weighted by Gasteiger charge is 2.11. The summed E-state index contributed by atoms with van der Waals surface area (Å²) in [6.07, 6.45) is 1.44. The molecule has 2 aromatic heterocycles. The van der Waals surface area contributed by atoms with Crippen LogP contribution in [0.15, 0.2) is 57.0 Å². The van der Waals surface area contributed by atoms with Gasteiger partial charge in [-0.2, -0.15) is 0 Å². The molecule has 23 heavy (non-hydrogen) atoms. The Hall–Kier alpha value is -3.42. The second kappa shape index (κ2) is 5.76. The highest BCUT2D eigenvalue weighted by atomic mass is 16.2. The van der Waals surface area contributed by atoms with Crippen molar-refractivity contribution in [2.24, 2.45) is 0 Å². The number of rotatable bonds is 3. The van der Waals surface area contributed by atoms with Gasteiger partial charge < -0.3 is 10.3 Å². The maximum atomic E-state index is 12.1. The smallest absolute Gasteiger partial charge is 0.327 e. The number of H-pyrrole nitrogens is 2. The lowest BCUT2D eigenvalue weighted by Gasteiger charge is -2.09. The third kappa shape index (κ3) is 2.82. The van der Waals surface area contributed by atoms with E-state index >= 15 is 0 Å². The minimum absolute atomic E-state index is 0.0827. The molecule has 1 aromatic carbocycles. The topological polar surface area (TPSA) is 117 Å². The largest absolute Gasteiger partial charge is 0.329 e. The second-order valence-corrected chi connectivity index (χ2v) is 4.82. The van der Waals surface area contributed by atoms with Crippen LogP contribution in [0.5, 0.6) is 0 Å². The first-order chi connectivity index (χ1) is 11.1. The Morgan fingerprint density at radius 1 is 1.04 bits per heavy atom. The lowest BCUT2D eigenvalue weighted by Crippen LogP contribution is -2.34. The number of carbonyl (C=O) groups excluding carboxylic acids is 1. The zero-order chi connectivity index (χ0) is 16.4. The molecular weight excluding hydrogens is 300 g/mol. The molecule has 1 amide bonds. The number of nitrogens with zero attached hydrogens (tertiary/aromatic N) is 1. The molecule has 3 N–H and O–H groups in total. The summed E-state index contributed by atoms with van der Waals surface area (Å²) in [6, 6.07) is 9.48. The number of amides is 1. The third-order valence-corrected chi connectivity index (χ3v) is 3.30. The molecule has 0 spiro atoms. The van der Waals surface area contributed by atoms with E-state index in [0.29, 0.717) is 10.9 Å². The van der Waals surface area contributed by atoms with Gasteiger partial charge in [0, 0.05) is 6.20 Å². The standard InChI is InChI=1S/C15H12N4O4/c20-12(17-10-5-3-7-16-14(10)22)8-19-11-6-2-1-4-9(11)13(21)18-15(19)23/h1-7H,8H2,(H,16,22)(H,17,20)(H,18,21,23). The predicted molar refractivity (Wildman–Crippen MR) is 84.5 cm³/mol. The van der Waals surface area contributed by atoms with Gasteiger partial charge in [-0.05, 0) is 24.3 Å². The van der Waals surface area contributed by atoms with E-state index in [1.165, 1.54) is 12.3 Å². The number of nitrogens with one attached hydrogen (secondary N) is 3. The number of hydrogen-bond donors (Lipinski definition) is 3. The Bertz CT molecular complexity index is 1060. The maximum Gasteiger partial charge on any atom is 0.329 e. The van der Waals surface area contributed by atoms with Crippen LogP contribution < -0.4 is 22.1 Å². The van der Waals surface area contributed by atoms with E-state index in [1.54, 1.807) is 30.3 Å². The van der Waals surface area contributed by atoms with Crippen molar-refractivity contribution in [3.05, 3.63) is 73.8 Å². The maximum absolute atomic E-state index is 12.1. The summed E-state index contributed by atoms with van der Waals surface area (Å²) in [5, 5.41) is 2.73. The van der Waals surface area contributed by atoms with Crippen molar-refractivity contribution in [1.29, 1.82) is 0 Å². The lowest BCUT2D eigenvalue weighted by atomic mass is 10.2. The van der Waals surface area contributed by atoms with Crippen LogP contribution in [0.25, 0.3) is 10.9 Å². The van der Waals surface area contributed by atoms with Gasteiger partial charge >= 0.3 is 5.69 Å². The van der Waals surface area contributed by atoms with E-state index in [0.717, 1.165) is 4.57 Å². The molecule has 8 heteroatoms. The number of anilines is 1. The van der Waals surface area contributed by atoms with E-state index in [2.05, 4.69) is 15.3 Å². The average Bonchev–Trinajstić information content (AvgIpc) is 2.54. The zero-order valence-corrected chi connectivity index (χ0v) is 11.8. The van der Waals surface area contributed by atoms with Gasteiger partial charge in [-0.15, -0.1) is 0 Å². The number of carbonyl (C=O) groups is 1. The van der Waals surface area contributed by atoms with Crippen LogP contribution in [-0.2, 0) is 11.3 Å². The summed E-state index contributed by atoms with van der Waals surface area (Å²) in [5.74, 6) is -0.555. The summed E-state index contributed by atoms with van der Waals surface area (Å²) >= 11 is 0. The van der Waals surface area contributed by atoms with Gasteiger partial charge in [0.1, 0.15) is 12.2 Å². The predicted octanol–water partition coefficient (Wildman–Crippen LogP) is 0.0168. The zero-order valence-electron chi connectivity index (χ0n) is 11.8. The van der Waals surface area contributed by atoms with E-state index in [9.17, 15) is 19.2 Å². The summed E-state index contributed by atoms with van der Waals surface area (Å²) in [7, 11) is 0. The number of fused-ring (bicyclic) bond motifs is 1. The number of pyridine rings is 1. The fourth-order valence-electron chi connectivity index (χ4n) is 2.25. The van der Waals surface area contributed by atoms with Gasteiger partial charge in [-0.1, -0.05) is 12.1 Å². The van der Waals surface area contributed by atoms with Crippen LogP contribution >= 0.6 is 0 Å². The van der Waals surface area contributed by atoms with Crippen LogP contribution in [0.1, 0.15) is 0 Å². The molecule has 3 aromatic rings. The molecule has 0 unspecified atom stereocenters. The van der Waals surface area contributed by atoms with Crippen molar-refractivity contribution in [1.82, 2.24) is 14.5 Å². The van der Waals surface area contributed by atoms with Crippen molar-refractivity contribution in [2.75, 3.05) is 5.32 Å². The minimum Gasteiger partial charge on any atom is -0.327 e. The SMILES string of the molecule is O=C(Cn1c(=O)[nH]c(=O)c2ccccc21)Nc1ccc[nH]c1=O. The number of aromatic amines is 2. The Morgan fingerprint density at radius 3 is 2.61 bits per heavy atom. The van der Waals surface area contributed by atoms with Gasteiger partial charge in [0.15, 0.2) is 0 Å². The first-order valence-electron chi connectivity index (χ1n) is 6.75. The lowest BCUT2D eigenvalue weighted by molar-refractivity contribution is -0.116. The van der Waals surface area contributed by atoms with Crippen molar-refractivity contribution in [2.45, 2.75) is 6.54 Å². The average molecular weight is 312 g/mol. The monoisotopic (exact) mass is 312 g/mol. The molecule has 2 heterocycles. The molecule has 0 aliphatic rings. The Morgan fingerprint density at radius 2 is 1.83 bits per heavy atom. The summed E-state index contributed by atoms with van der Waals surface area (Å²) < 4.78 is 1.14. The van der Waals surface area contributed by atoms with Crippen LogP contribution in [-0.4, -0.2) is 20.4 Å². The minimum atomic E-state index is -0.689. The first-order valence-corrected chi connectivity index (χ1v) is 6.75. The van der Waals surface area contributed by atoms with Crippen LogP contribution in [0.2, 0.25) is 0 Å². The first kappa shape index (κ1) is 14.5. The summed E-state index contributed by atoms with van der Waals surface area (Å²) in [4.78, 5) is 52.0. The van der Waals surface area contributed by atoms with Crippen molar-refractivity contribution in [3.63, 3.8) is 0 Å². The molecule has 0 aliphatic heterocycles. The third-order valence-electron chi connectivity index (χ3n) is 3.30. The van der Waals surface area contributed by atoms with Gasteiger partial charge in [-0.25, -0.2) is 4.79 Å². The van der Waals surface area contributed by atoms with Crippen LogP contribution in [0, 0.1) is 0 Å². The van der Waals surface area contributed by atoms with Gasteiger partial charge in [0.05, 0.1) is 10.9 Å². The van der Waals surface area contributed by atoms with E-state index in [4.69, 9.17) is 0 Å². The molecule has 3 rings (SSSR count). The Kier molecular flexibility index (Phi) is 3.63. The molecule has 0 aliphatic carbocycles. The molecule has 0 saturated heterocycles. The molecule has 0 radical (unpaired) electrons. The highest BCUT2D eigenvalue weighted by molar-refractivity contribution is 5.91. The Labute approximate surface area is 128 Å². The van der Waals surface area contributed by atoms with Crippen molar-refractivity contribution >= 4 is 22.5 Å². The molecular formula is C15H12N4O4. The summed E-state index contributed by atoms with van der Waals surface area (Å²) in [6.45, 7) is -0.329. The van der Waals surface area contributed by atoms with E-state index in [-0.39, 0.29) is 12.2 Å². The highest BCUT2D eigenvalue weighted by Crippen LogP contribution is 2.06. The number of benzene rings is 1. The molecule has 0 fully saturated rings. The second-order valence-electron chi connectivity index (χ2n) is 4.82. The Balaban J connectivity index is 1.97. The van der Waals surface area contributed by atoms with Gasteiger partial charge in [0.2, 0.25) is 5.91 Å². The molecule has 0 atom stereocenters. The molecule has 0 bridgehead atoms.